The Morgan fingerprint density at radius 2 is 2.12 bits per heavy atom. The van der Waals surface area contributed by atoms with Crippen LogP contribution in [0.2, 0.25) is 0 Å². The van der Waals surface area contributed by atoms with E-state index in [9.17, 15) is 13.2 Å². The predicted molar refractivity (Wildman–Crippen MR) is 59.6 cm³/mol. The third-order valence-corrected chi connectivity index (χ3v) is 3.50. The first kappa shape index (κ1) is 14.7. The molecule has 0 aromatic heterocycles. The summed E-state index contributed by atoms with van der Waals surface area (Å²) in [7, 11) is 1.61. The molecule has 1 aliphatic rings. The van der Waals surface area contributed by atoms with E-state index in [0.29, 0.717) is 19.0 Å². The average molecular weight is 254 g/mol. The topological polar surface area (TPSA) is 38.5 Å². The summed E-state index contributed by atoms with van der Waals surface area (Å²) in [6, 6.07) is 0. The van der Waals surface area contributed by atoms with Crippen LogP contribution in [0.4, 0.5) is 13.2 Å². The molecule has 6 heteroatoms. The molecule has 1 aliphatic heterocycles. The molecular formula is C11H21F3N2O. The minimum atomic E-state index is -4.21. The van der Waals surface area contributed by atoms with Crippen LogP contribution in [0.25, 0.3) is 0 Å². The maximum Gasteiger partial charge on any atom is 0.394 e. The second-order valence-electron chi connectivity index (χ2n) is 4.77. The second kappa shape index (κ2) is 6.02. The van der Waals surface area contributed by atoms with Crippen molar-refractivity contribution in [3.8, 4) is 0 Å². The molecule has 1 heterocycles. The number of methoxy groups -OCH3 is 1. The van der Waals surface area contributed by atoms with Gasteiger partial charge in [-0.15, -0.1) is 0 Å². The molecule has 0 amide bonds. The highest BCUT2D eigenvalue weighted by Crippen LogP contribution is 2.28. The van der Waals surface area contributed by atoms with Gasteiger partial charge in [-0.1, -0.05) is 6.92 Å². The van der Waals surface area contributed by atoms with Crippen molar-refractivity contribution in [1.82, 2.24) is 4.90 Å². The summed E-state index contributed by atoms with van der Waals surface area (Å²) in [6.07, 6.45) is -3.32. The number of likely N-dealkylation sites (tertiary alicyclic amines) is 1. The fourth-order valence-corrected chi connectivity index (χ4v) is 2.19. The van der Waals surface area contributed by atoms with Gasteiger partial charge in [-0.3, -0.25) is 0 Å². The van der Waals surface area contributed by atoms with Gasteiger partial charge in [-0.05, 0) is 18.9 Å². The van der Waals surface area contributed by atoms with Gasteiger partial charge < -0.3 is 15.4 Å². The number of hydrogen-bond acceptors (Lipinski definition) is 3. The number of halogens is 3. The van der Waals surface area contributed by atoms with E-state index in [1.165, 1.54) is 0 Å². The Morgan fingerprint density at radius 3 is 2.59 bits per heavy atom. The van der Waals surface area contributed by atoms with Gasteiger partial charge in [0, 0.05) is 26.7 Å². The first-order valence-corrected chi connectivity index (χ1v) is 5.90. The molecule has 0 bridgehead atoms. The lowest BCUT2D eigenvalue weighted by atomic mass is 9.95. The van der Waals surface area contributed by atoms with E-state index in [-0.39, 0.29) is 19.2 Å². The van der Waals surface area contributed by atoms with E-state index in [4.69, 9.17) is 10.5 Å². The van der Waals surface area contributed by atoms with Crippen LogP contribution in [0, 0.1) is 11.8 Å². The maximum absolute atomic E-state index is 12.6. The van der Waals surface area contributed by atoms with Crippen LogP contribution < -0.4 is 5.73 Å². The quantitative estimate of drug-likeness (QED) is 0.826. The number of nitrogens with zero attached hydrogens (tertiary/aromatic N) is 1. The van der Waals surface area contributed by atoms with Crippen molar-refractivity contribution in [1.29, 1.82) is 0 Å². The SMILES string of the molecule is COC1CN(CC(CN)C(F)(F)F)CCC1C. The van der Waals surface area contributed by atoms with Crippen molar-refractivity contribution >= 4 is 0 Å². The predicted octanol–water partition coefficient (Wildman–Crippen LogP) is 1.48. The Hall–Kier alpha value is -0.330. The molecular weight excluding hydrogens is 233 g/mol. The van der Waals surface area contributed by atoms with Gasteiger partial charge in [-0.25, -0.2) is 0 Å². The number of rotatable bonds is 4. The summed E-state index contributed by atoms with van der Waals surface area (Å²) in [5, 5.41) is 0. The van der Waals surface area contributed by atoms with Gasteiger partial charge in [0.25, 0.3) is 0 Å². The Kier molecular flexibility index (Phi) is 5.22. The van der Waals surface area contributed by atoms with Crippen LogP contribution in [0.3, 0.4) is 0 Å². The highest BCUT2D eigenvalue weighted by Gasteiger charge is 2.40. The van der Waals surface area contributed by atoms with Gasteiger partial charge in [-0.2, -0.15) is 13.2 Å². The van der Waals surface area contributed by atoms with Crippen molar-refractivity contribution < 1.29 is 17.9 Å². The van der Waals surface area contributed by atoms with Crippen molar-refractivity contribution in [2.75, 3.05) is 33.3 Å². The van der Waals surface area contributed by atoms with E-state index in [1.807, 2.05) is 0 Å². The largest absolute Gasteiger partial charge is 0.394 e. The monoisotopic (exact) mass is 254 g/mol. The van der Waals surface area contributed by atoms with Crippen LogP contribution in [0.1, 0.15) is 13.3 Å². The lowest BCUT2D eigenvalue weighted by Gasteiger charge is -2.38. The molecule has 3 unspecified atom stereocenters. The summed E-state index contributed by atoms with van der Waals surface area (Å²) in [4.78, 5) is 1.80. The van der Waals surface area contributed by atoms with E-state index >= 15 is 0 Å². The van der Waals surface area contributed by atoms with E-state index in [0.717, 1.165) is 6.42 Å². The standard InChI is InChI=1S/C11H21F3N2O/c1-8-3-4-16(7-10(8)17-2)6-9(5-15)11(12,13)14/h8-10H,3-7,15H2,1-2H3. The van der Waals surface area contributed by atoms with Crippen molar-refractivity contribution in [2.24, 2.45) is 17.6 Å². The number of alkyl halides is 3. The highest BCUT2D eigenvalue weighted by atomic mass is 19.4. The molecule has 0 aromatic carbocycles. The van der Waals surface area contributed by atoms with Crippen molar-refractivity contribution in [2.45, 2.75) is 25.6 Å². The zero-order valence-electron chi connectivity index (χ0n) is 10.3. The lowest BCUT2D eigenvalue weighted by molar-refractivity contribution is -0.178. The molecule has 1 rings (SSSR count). The molecule has 0 saturated carbocycles. The summed E-state index contributed by atoms with van der Waals surface area (Å²) in [5.41, 5.74) is 5.19. The normalized spacial score (nSPS) is 29.3. The molecule has 0 aromatic rings. The Bertz CT molecular complexity index is 235. The summed E-state index contributed by atoms with van der Waals surface area (Å²) >= 11 is 0. The molecule has 1 saturated heterocycles. The second-order valence-corrected chi connectivity index (χ2v) is 4.77. The van der Waals surface area contributed by atoms with E-state index in [2.05, 4.69) is 6.92 Å². The van der Waals surface area contributed by atoms with Gasteiger partial charge in [0.2, 0.25) is 0 Å². The Morgan fingerprint density at radius 1 is 1.47 bits per heavy atom. The molecule has 1 fully saturated rings. The number of hydrogen-bond donors (Lipinski definition) is 1. The molecule has 0 aliphatic carbocycles. The Balaban J connectivity index is 2.51. The van der Waals surface area contributed by atoms with Crippen LogP contribution >= 0.6 is 0 Å². The van der Waals surface area contributed by atoms with Crippen molar-refractivity contribution in [3.05, 3.63) is 0 Å². The van der Waals surface area contributed by atoms with Crippen LogP contribution in [0.5, 0.6) is 0 Å². The molecule has 2 N–H and O–H groups in total. The highest BCUT2D eigenvalue weighted by molar-refractivity contribution is 4.81. The minimum Gasteiger partial charge on any atom is -0.380 e. The molecule has 3 nitrogen and oxygen atoms in total. The van der Waals surface area contributed by atoms with Gasteiger partial charge in [0.1, 0.15) is 0 Å². The van der Waals surface area contributed by atoms with Gasteiger partial charge in [0.05, 0.1) is 12.0 Å². The fraction of sp³-hybridized carbons (Fsp3) is 1.00. The zero-order chi connectivity index (χ0) is 13.1. The van der Waals surface area contributed by atoms with Gasteiger partial charge >= 0.3 is 6.18 Å². The zero-order valence-corrected chi connectivity index (χ0v) is 10.3. The Labute approximate surface area is 100 Å². The van der Waals surface area contributed by atoms with Crippen LogP contribution in [0.15, 0.2) is 0 Å². The average Bonchev–Trinajstić information content (AvgIpc) is 2.26. The summed E-state index contributed by atoms with van der Waals surface area (Å²) < 4.78 is 43.1. The molecule has 102 valence electrons. The molecule has 17 heavy (non-hydrogen) atoms. The van der Waals surface area contributed by atoms with Crippen molar-refractivity contribution in [3.63, 3.8) is 0 Å². The molecule has 3 atom stereocenters. The summed E-state index contributed by atoms with van der Waals surface area (Å²) in [5.74, 6) is -1.04. The number of piperidine rings is 1. The summed E-state index contributed by atoms with van der Waals surface area (Å²) in [6.45, 7) is 2.94. The molecule has 0 spiro atoms. The maximum atomic E-state index is 12.6. The van der Waals surface area contributed by atoms with Crippen LogP contribution in [-0.4, -0.2) is 50.5 Å². The first-order chi connectivity index (χ1) is 7.88. The number of ether oxygens (including phenoxy) is 1. The fourth-order valence-electron chi connectivity index (χ4n) is 2.19. The van der Waals surface area contributed by atoms with E-state index in [1.54, 1.807) is 12.0 Å². The first-order valence-electron chi connectivity index (χ1n) is 5.90. The van der Waals surface area contributed by atoms with Crippen LogP contribution in [-0.2, 0) is 4.74 Å². The third-order valence-electron chi connectivity index (χ3n) is 3.50. The third kappa shape index (κ3) is 4.12. The van der Waals surface area contributed by atoms with Gasteiger partial charge in [0.15, 0.2) is 0 Å². The van der Waals surface area contributed by atoms with E-state index < -0.39 is 12.1 Å². The minimum absolute atomic E-state index is 0.0212. The number of nitrogens with two attached hydrogens (primary N) is 1. The molecule has 0 radical (unpaired) electrons. The smallest absolute Gasteiger partial charge is 0.380 e. The lowest BCUT2D eigenvalue weighted by Crippen LogP contribution is -2.48.